The van der Waals surface area contributed by atoms with Crippen LogP contribution in [0.2, 0.25) is 0 Å². The first-order valence-corrected chi connectivity index (χ1v) is 8.33. The fraction of sp³-hybridized carbons (Fsp3) is 0.615. The number of rotatable bonds is 5. The van der Waals surface area contributed by atoms with E-state index >= 15 is 0 Å². The van der Waals surface area contributed by atoms with Crippen molar-refractivity contribution in [3.8, 4) is 0 Å². The van der Waals surface area contributed by atoms with Crippen molar-refractivity contribution in [3.05, 3.63) is 18.5 Å². The predicted octanol–water partition coefficient (Wildman–Crippen LogP) is 1.36. The number of sulfonamides is 1. The SMILES string of the molecule is CCNc1ccncc1S(=O)(=O)NC1CCOC(C)C1. The van der Waals surface area contributed by atoms with Gasteiger partial charge >= 0.3 is 0 Å². The molecule has 0 spiro atoms. The van der Waals surface area contributed by atoms with E-state index in [1.54, 1.807) is 12.3 Å². The monoisotopic (exact) mass is 299 g/mol. The Labute approximate surface area is 120 Å². The zero-order valence-electron chi connectivity index (χ0n) is 11.8. The fourth-order valence-electron chi connectivity index (χ4n) is 2.32. The van der Waals surface area contributed by atoms with Gasteiger partial charge in [0.05, 0.1) is 11.8 Å². The van der Waals surface area contributed by atoms with E-state index in [0.29, 0.717) is 31.7 Å². The van der Waals surface area contributed by atoms with Gasteiger partial charge < -0.3 is 10.1 Å². The van der Waals surface area contributed by atoms with Crippen molar-refractivity contribution >= 4 is 15.7 Å². The van der Waals surface area contributed by atoms with E-state index in [4.69, 9.17) is 4.74 Å². The van der Waals surface area contributed by atoms with Crippen LogP contribution in [-0.2, 0) is 14.8 Å². The van der Waals surface area contributed by atoms with Crippen LogP contribution in [0.5, 0.6) is 0 Å². The van der Waals surface area contributed by atoms with Crippen molar-refractivity contribution in [1.82, 2.24) is 9.71 Å². The minimum absolute atomic E-state index is 0.0820. The lowest BCUT2D eigenvalue weighted by atomic mass is 10.1. The van der Waals surface area contributed by atoms with Crippen LogP contribution in [0.3, 0.4) is 0 Å². The predicted molar refractivity (Wildman–Crippen MR) is 77.2 cm³/mol. The van der Waals surface area contributed by atoms with Crippen molar-refractivity contribution in [3.63, 3.8) is 0 Å². The normalized spacial score (nSPS) is 23.5. The highest BCUT2D eigenvalue weighted by atomic mass is 32.2. The maximum absolute atomic E-state index is 12.5. The summed E-state index contributed by atoms with van der Waals surface area (Å²) in [6.45, 7) is 5.11. The molecule has 2 N–H and O–H groups in total. The molecule has 0 amide bonds. The Hall–Kier alpha value is -1.18. The fourth-order valence-corrected chi connectivity index (χ4v) is 3.73. The summed E-state index contributed by atoms with van der Waals surface area (Å²) in [5.41, 5.74) is 0.579. The summed E-state index contributed by atoms with van der Waals surface area (Å²) in [5, 5.41) is 3.04. The van der Waals surface area contributed by atoms with E-state index in [0.717, 1.165) is 0 Å². The number of anilines is 1. The van der Waals surface area contributed by atoms with Gasteiger partial charge in [-0.2, -0.15) is 0 Å². The smallest absolute Gasteiger partial charge is 0.244 e. The first-order valence-electron chi connectivity index (χ1n) is 6.84. The average Bonchev–Trinajstić information content (AvgIpc) is 2.39. The van der Waals surface area contributed by atoms with E-state index < -0.39 is 10.0 Å². The highest BCUT2D eigenvalue weighted by Gasteiger charge is 2.26. The van der Waals surface area contributed by atoms with Crippen LogP contribution in [0.4, 0.5) is 5.69 Å². The molecular formula is C13H21N3O3S. The molecule has 0 bridgehead atoms. The van der Waals surface area contributed by atoms with Crippen LogP contribution >= 0.6 is 0 Å². The molecule has 0 aromatic carbocycles. The largest absolute Gasteiger partial charge is 0.384 e. The maximum Gasteiger partial charge on any atom is 0.244 e. The van der Waals surface area contributed by atoms with Gasteiger partial charge in [0.2, 0.25) is 10.0 Å². The summed E-state index contributed by atoms with van der Waals surface area (Å²) in [4.78, 5) is 4.11. The lowest BCUT2D eigenvalue weighted by Crippen LogP contribution is -2.41. The summed E-state index contributed by atoms with van der Waals surface area (Å²) in [5.74, 6) is 0. The quantitative estimate of drug-likeness (QED) is 0.858. The molecule has 1 aromatic heterocycles. The zero-order valence-corrected chi connectivity index (χ0v) is 12.6. The summed E-state index contributed by atoms with van der Waals surface area (Å²) < 4.78 is 33.1. The Kier molecular flexibility index (Phi) is 4.95. The Morgan fingerprint density at radius 2 is 2.30 bits per heavy atom. The van der Waals surface area contributed by atoms with E-state index in [-0.39, 0.29) is 17.0 Å². The molecule has 1 aliphatic rings. The number of hydrogen-bond acceptors (Lipinski definition) is 5. The van der Waals surface area contributed by atoms with Gasteiger partial charge in [0, 0.05) is 31.6 Å². The van der Waals surface area contributed by atoms with Crippen LogP contribution < -0.4 is 10.0 Å². The minimum Gasteiger partial charge on any atom is -0.384 e. The Morgan fingerprint density at radius 1 is 1.50 bits per heavy atom. The second-order valence-electron chi connectivity index (χ2n) is 4.93. The van der Waals surface area contributed by atoms with Gasteiger partial charge in [0.25, 0.3) is 0 Å². The number of aromatic nitrogens is 1. The number of pyridine rings is 1. The highest BCUT2D eigenvalue weighted by Crippen LogP contribution is 2.21. The van der Waals surface area contributed by atoms with Gasteiger partial charge in [-0.25, -0.2) is 13.1 Å². The van der Waals surface area contributed by atoms with Crippen molar-refractivity contribution < 1.29 is 13.2 Å². The molecule has 2 rings (SSSR count). The molecule has 2 atom stereocenters. The van der Waals surface area contributed by atoms with E-state index in [2.05, 4.69) is 15.0 Å². The third-order valence-corrected chi connectivity index (χ3v) is 4.80. The molecule has 6 nitrogen and oxygen atoms in total. The molecule has 2 unspecified atom stereocenters. The van der Waals surface area contributed by atoms with E-state index in [9.17, 15) is 8.42 Å². The lowest BCUT2D eigenvalue weighted by molar-refractivity contribution is 0.0173. The van der Waals surface area contributed by atoms with Gasteiger partial charge in [-0.1, -0.05) is 0 Å². The van der Waals surface area contributed by atoms with Crippen molar-refractivity contribution in [2.24, 2.45) is 0 Å². The highest BCUT2D eigenvalue weighted by molar-refractivity contribution is 7.89. The molecule has 7 heteroatoms. The summed E-state index contributed by atoms with van der Waals surface area (Å²) in [6.07, 6.45) is 4.42. The molecule has 0 radical (unpaired) electrons. The number of hydrogen-bond donors (Lipinski definition) is 2. The second-order valence-corrected chi connectivity index (χ2v) is 6.61. The first kappa shape index (κ1) is 15.2. The first-order chi connectivity index (χ1) is 9.53. The van der Waals surface area contributed by atoms with Gasteiger partial charge in [0.15, 0.2) is 0 Å². The Balaban J connectivity index is 2.17. The molecule has 1 aromatic rings. The van der Waals surface area contributed by atoms with Gasteiger partial charge in [-0.15, -0.1) is 0 Å². The Bertz CT molecular complexity index is 548. The number of nitrogens with one attached hydrogen (secondary N) is 2. The van der Waals surface area contributed by atoms with Crippen molar-refractivity contribution in [1.29, 1.82) is 0 Å². The summed E-state index contributed by atoms with van der Waals surface area (Å²) >= 11 is 0. The zero-order chi connectivity index (χ0) is 14.6. The minimum atomic E-state index is -3.57. The van der Waals surface area contributed by atoms with Gasteiger partial charge in [0.1, 0.15) is 4.90 Å². The third-order valence-electron chi connectivity index (χ3n) is 3.25. The van der Waals surface area contributed by atoms with Crippen molar-refractivity contribution in [2.75, 3.05) is 18.5 Å². The molecule has 2 heterocycles. The van der Waals surface area contributed by atoms with Gasteiger partial charge in [-0.3, -0.25) is 4.98 Å². The van der Waals surface area contributed by atoms with E-state index in [1.165, 1.54) is 6.20 Å². The molecule has 1 aliphatic heterocycles. The molecule has 20 heavy (non-hydrogen) atoms. The van der Waals surface area contributed by atoms with Crippen LogP contribution in [0.15, 0.2) is 23.4 Å². The molecule has 0 saturated carbocycles. The molecule has 0 aliphatic carbocycles. The average molecular weight is 299 g/mol. The lowest BCUT2D eigenvalue weighted by Gasteiger charge is -2.27. The van der Waals surface area contributed by atoms with Crippen LogP contribution in [-0.4, -0.2) is 38.7 Å². The number of ether oxygens (including phenoxy) is 1. The van der Waals surface area contributed by atoms with Crippen LogP contribution in [0.1, 0.15) is 26.7 Å². The van der Waals surface area contributed by atoms with Crippen LogP contribution in [0.25, 0.3) is 0 Å². The summed E-state index contributed by atoms with van der Waals surface area (Å²) in [6, 6.07) is 1.59. The standard InChI is InChI=1S/C13H21N3O3S/c1-3-15-12-4-6-14-9-13(12)20(17,18)16-11-5-7-19-10(2)8-11/h4,6,9-11,16H,3,5,7-8H2,1-2H3,(H,14,15). The van der Waals surface area contributed by atoms with Gasteiger partial charge in [-0.05, 0) is 32.8 Å². The van der Waals surface area contributed by atoms with Crippen molar-refractivity contribution in [2.45, 2.75) is 43.7 Å². The molecule has 112 valence electrons. The third kappa shape index (κ3) is 3.68. The molecule has 1 saturated heterocycles. The maximum atomic E-state index is 12.5. The number of nitrogens with zero attached hydrogens (tertiary/aromatic N) is 1. The Morgan fingerprint density at radius 3 is 3.00 bits per heavy atom. The van der Waals surface area contributed by atoms with Crippen LogP contribution in [0, 0.1) is 0 Å². The molecular weight excluding hydrogens is 278 g/mol. The van der Waals surface area contributed by atoms with E-state index in [1.807, 2.05) is 13.8 Å². The molecule has 1 fully saturated rings. The second kappa shape index (κ2) is 6.51. The topological polar surface area (TPSA) is 80.3 Å². The summed E-state index contributed by atoms with van der Waals surface area (Å²) in [7, 11) is -3.57.